The Hall–Kier alpha value is -2.64. The minimum atomic E-state index is -1.14. The van der Waals surface area contributed by atoms with Crippen LogP contribution in [0.25, 0.3) is 0 Å². The van der Waals surface area contributed by atoms with Crippen LogP contribution in [0, 0.1) is 0 Å². The zero-order chi connectivity index (χ0) is 15.0. The van der Waals surface area contributed by atoms with Crippen molar-refractivity contribution in [2.75, 3.05) is 25.0 Å². The maximum Gasteiger partial charge on any atom is 0.341 e. The zero-order valence-corrected chi connectivity index (χ0v) is 10.9. The molecule has 1 aromatic heterocycles. The summed E-state index contributed by atoms with van der Waals surface area (Å²) in [5.74, 6) is -2.00. The summed E-state index contributed by atoms with van der Waals surface area (Å²) in [4.78, 5) is 37.2. The van der Waals surface area contributed by atoms with E-state index in [4.69, 9.17) is 9.84 Å². The van der Waals surface area contributed by atoms with Gasteiger partial charge in [0.2, 0.25) is 5.91 Å². The summed E-state index contributed by atoms with van der Waals surface area (Å²) in [6, 6.07) is 3.09. The van der Waals surface area contributed by atoms with Crippen molar-refractivity contribution in [1.82, 2.24) is 10.3 Å². The number of carbonyl (C=O) groups excluding carboxylic acids is 2. The van der Waals surface area contributed by atoms with Crippen LogP contribution < -0.4 is 10.6 Å². The van der Waals surface area contributed by atoms with Crippen LogP contribution in [0.4, 0.5) is 5.82 Å². The molecule has 0 spiro atoms. The first-order chi connectivity index (χ1) is 9.54. The molecule has 1 heterocycles. The Morgan fingerprint density at radius 2 is 2.10 bits per heavy atom. The average Bonchev–Trinajstić information content (AvgIpc) is 2.43. The second-order valence-corrected chi connectivity index (χ2v) is 3.64. The van der Waals surface area contributed by atoms with E-state index in [1.54, 1.807) is 13.0 Å². The Morgan fingerprint density at radius 3 is 2.75 bits per heavy atom. The lowest BCUT2D eigenvalue weighted by atomic mass is 10.2. The molecule has 0 aliphatic heterocycles. The first kappa shape index (κ1) is 15.4. The number of aliphatic carboxylic acids is 1. The highest BCUT2D eigenvalue weighted by Crippen LogP contribution is 2.12. The molecule has 0 atom stereocenters. The van der Waals surface area contributed by atoms with Crippen molar-refractivity contribution in [2.45, 2.75) is 6.92 Å². The predicted octanol–water partition coefficient (Wildman–Crippen LogP) is -0.129. The molecule has 0 fully saturated rings. The molecule has 3 N–H and O–H groups in total. The smallest absolute Gasteiger partial charge is 0.341 e. The Bertz CT molecular complexity index is 504. The molecule has 1 amide bonds. The number of hydrogen-bond acceptors (Lipinski definition) is 6. The third-order valence-corrected chi connectivity index (χ3v) is 2.16. The molecule has 0 radical (unpaired) electrons. The lowest BCUT2D eigenvalue weighted by molar-refractivity contribution is -0.137. The van der Waals surface area contributed by atoms with Crippen LogP contribution in [0.5, 0.6) is 0 Å². The van der Waals surface area contributed by atoms with Crippen LogP contribution in [0.3, 0.4) is 0 Å². The molecule has 0 aliphatic carbocycles. The molecular weight excluding hydrogens is 266 g/mol. The monoisotopic (exact) mass is 281 g/mol. The SMILES string of the molecule is CCOC(=O)c1cccnc1NCC(=O)NCC(=O)O. The number of carbonyl (C=O) groups is 3. The van der Waals surface area contributed by atoms with Gasteiger partial charge in [0.1, 0.15) is 17.9 Å². The van der Waals surface area contributed by atoms with Gasteiger partial charge >= 0.3 is 11.9 Å². The average molecular weight is 281 g/mol. The van der Waals surface area contributed by atoms with E-state index >= 15 is 0 Å². The van der Waals surface area contributed by atoms with Gasteiger partial charge in [0.15, 0.2) is 0 Å². The maximum absolute atomic E-state index is 11.6. The van der Waals surface area contributed by atoms with Crippen molar-refractivity contribution < 1.29 is 24.2 Å². The summed E-state index contributed by atoms with van der Waals surface area (Å²) < 4.78 is 4.86. The number of aromatic nitrogens is 1. The van der Waals surface area contributed by atoms with Crippen LogP contribution >= 0.6 is 0 Å². The Labute approximate surface area is 115 Å². The molecule has 8 nitrogen and oxygen atoms in total. The third-order valence-electron chi connectivity index (χ3n) is 2.16. The number of rotatable bonds is 7. The van der Waals surface area contributed by atoms with Crippen molar-refractivity contribution in [3.05, 3.63) is 23.9 Å². The summed E-state index contributed by atoms with van der Waals surface area (Å²) in [5.41, 5.74) is 0.209. The minimum Gasteiger partial charge on any atom is -0.480 e. The molecule has 1 aromatic rings. The topological polar surface area (TPSA) is 118 Å². The number of anilines is 1. The van der Waals surface area contributed by atoms with Crippen LogP contribution in [-0.4, -0.2) is 47.6 Å². The predicted molar refractivity (Wildman–Crippen MR) is 69.3 cm³/mol. The normalized spacial score (nSPS) is 9.65. The van der Waals surface area contributed by atoms with Crippen molar-refractivity contribution >= 4 is 23.7 Å². The van der Waals surface area contributed by atoms with Gasteiger partial charge < -0.3 is 20.5 Å². The Morgan fingerprint density at radius 1 is 1.35 bits per heavy atom. The number of carboxylic acid groups (broad SMARTS) is 1. The van der Waals surface area contributed by atoms with E-state index in [2.05, 4.69) is 15.6 Å². The van der Waals surface area contributed by atoms with Crippen LogP contribution in [-0.2, 0) is 14.3 Å². The fraction of sp³-hybridized carbons (Fsp3) is 0.333. The van der Waals surface area contributed by atoms with Gasteiger partial charge in [-0.25, -0.2) is 9.78 Å². The summed E-state index contributed by atoms with van der Waals surface area (Å²) in [6.07, 6.45) is 1.46. The molecule has 8 heteroatoms. The third kappa shape index (κ3) is 4.92. The molecule has 0 bridgehead atoms. The minimum absolute atomic E-state index is 0.198. The van der Waals surface area contributed by atoms with E-state index in [0.29, 0.717) is 0 Å². The van der Waals surface area contributed by atoms with Gasteiger partial charge in [0, 0.05) is 6.20 Å². The fourth-order valence-corrected chi connectivity index (χ4v) is 1.32. The molecule has 0 saturated carbocycles. The van der Waals surface area contributed by atoms with E-state index in [1.165, 1.54) is 12.3 Å². The number of carboxylic acids is 1. The van der Waals surface area contributed by atoms with E-state index in [1.807, 2.05) is 0 Å². The van der Waals surface area contributed by atoms with Crippen molar-refractivity contribution in [3.8, 4) is 0 Å². The van der Waals surface area contributed by atoms with E-state index in [-0.39, 0.29) is 24.5 Å². The molecule has 20 heavy (non-hydrogen) atoms. The van der Waals surface area contributed by atoms with Gasteiger partial charge in [0.25, 0.3) is 0 Å². The van der Waals surface area contributed by atoms with E-state index in [9.17, 15) is 14.4 Å². The van der Waals surface area contributed by atoms with Gasteiger partial charge in [0.05, 0.1) is 13.2 Å². The van der Waals surface area contributed by atoms with Crippen LogP contribution in [0.2, 0.25) is 0 Å². The molecule has 0 aliphatic rings. The number of nitrogens with one attached hydrogen (secondary N) is 2. The summed E-state index contributed by atoms with van der Waals surface area (Å²) in [5, 5.41) is 13.3. The van der Waals surface area contributed by atoms with Gasteiger partial charge in [-0.1, -0.05) is 0 Å². The second-order valence-electron chi connectivity index (χ2n) is 3.64. The maximum atomic E-state index is 11.6. The lowest BCUT2D eigenvalue weighted by Gasteiger charge is -2.09. The summed E-state index contributed by atoms with van der Waals surface area (Å²) in [6.45, 7) is 1.25. The Balaban J connectivity index is 2.61. The Kier molecular flexibility index (Phi) is 5.95. The largest absolute Gasteiger partial charge is 0.480 e. The summed E-state index contributed by atoms with van der Waals surface area (Å²) in [7, 11) is 0. The molecule has 108 valence electrons. The first-order valence-electron chi connectivity index (χ1n) is 5.89. The van der Waals surface area contributed by atoms with Gasteiger partial charge in [-0.2, -0.15) is 0 Å². The fourth-order valence-electron chi connectivity index (χ4n) is 1.32. The number of nitrogens with zero attached hydrogens (tertiary/aromatic N) is 1. The van der Waals surface area contributed by atoms with Gasteiger partial charge in [-0.3, -0.25) is 9.59 Å². The summed E-state index contributed by atoms with van der Waals surface area (Å²) >= 11 is 0. The van der Waals surface area contributed by atoms with Crippen molar-refractivity contribution in [1.29, 1.82) is 0 Å². The van der Waals surface area contributed by atoms with Crippen LogP contribution in [0.1, 0.15) is 17.3 Å². The first-order valence-corrected chi connectivity index (χ1v) is 5.89. The number of amides is 1. The highest BCUT2D eigenvalue weighted by atomic mass is 16.5. The molecule has 1 rings (SSSR count). The van der Waals surface area contributed by atoms with Gasteiger partial charge in [-0.05, 0) is 19.1 Å². The van der Waals surface area contributed by atoms with Crippen molar-refractivity contribution in [3.63, 3.8) is 0 Å². The molecule has 0 saturated heterocycles. The van der Waals surface area contributed by atoms with E-state index < -0.39 is 24.4 Å². The van der Waals surface area contributed by atoms with E-state index in [0.717, 1.165) is 0 Å². The standard InChI is InChI=1S/C12H15N3O5/c1-2-20-12(19)8-4-3-5-13-11(8)15-6-9(16)14-7-10(17)18/h3-5H,2,6-7H2,1H3,(H,13,15)(H,14,16)(H,17,18). The molecular formula is C12H15N3O5. The molecule has 0 unspecified atom stereocenters. The number of pyridine rings is 1. The zero-order valence-electron chi connectivity index (χ0n) is 10.9. The number of ether oxygens (including phenoxy) is 1. The highest BCUT2D eigenvalue weighted by Gasteiger charge is 2.13. The highest BCUT2D eigenvalue weighted by molar-refractivity contribution is 5.95. The second kappa shape index (κ2) is 7.72. The number of esters is 1. The number of hydrogen-bond donors (Lipinski definition) is 3. The van der Waals surface area contributed by atoms with Crippen molar-refractivity contribution in [2.24, 2.45) is 0 Å². The lowest BCUT2D eigenvalue weighted by Crippen LogP contribution is -2.34. The van der Waals surface area contributed by atoms with Crippen LogP contribution in [0.15, 0.2) is 18.3 Å². The molecule has 0 aromatic carbocycles. The quantitative estimate of drug-likeness (QED) is 0.596. The van der Waals surface area contributed by atoms with Gasteiger partial charge in [-0.15, -0.1) is 0 Å².